The number of carbonyl (C=O) groups excluding carboxylic acids is 3. The standard InChI is InChI=1S/C28H27ClN2O6/c1-18(21-9-11-22(29)12-10-21)31-26(33)28(37-27(31)34,16-19-7-5-4-6-8-19)25(32)30-17-20-13-23(35-2)15-24(14-20)36-3/h4-15,18H,16-17H2,1-3H3,(H,30,32)/t18-,28-/m1/s1. The average Bonchev–Trinajstić information content (AvgIpc) is 3.17. The van der Waals surface area contributed by atoms with Gasteiger partial charge < -0.3 is 19.5 Å². The summed E-state index contributed by atoms with van der Waals surface area (Å²) in [5.41, 5.74) is -0.0401. The first-order chi connectivity index (χ1) is 17.8. The number of cyclic esters (lactones) is 1. The first kappa shape index (κ1) is 26.0. The summed E-state index contributed by atoms with van der Waals surface area (Å²) in [6, 6.07) is 20.3. The number of ether oxygens (including phenoxy) is 3. The molecule has 3 amide bonds. The molecule has 1 heterocycles. The highest BCUT2D eigenvalue weighted by atomic mass is 35.5. The predicted molar refractivity (Wildman–Crippen MR) is 137 cm³/mol. The molecule has 9 heteroatoms. The van der Waals surface area contributed by atoms with Gasteiger partial charge in [0.2, 0.25) is 0 Å². The number of hydrogen-bond acceptors (Lipinski definition) is 6. The molecule has 192 valence electrons. The monoisotopic (exact) mass is 522 g/mol. The molecule has 1 aliphatic rings. The van der Waals surface area contributed by atoms with E-state index >= 15 is 0 Å². The molecule has 0 radical (unpaired) electrons. The lowest BCUT2D eigenvalue weighted by atomic mass is 9.91. The van der Waals surface area contributed by atoms with E-state index in [0.29, 0.717) is 33.2 Å². The van der Waals surface area contributed by atoms with Crippen molar-refractivity contribution < 1.29 is 28.6 Å². The summed E-state index contributed by atoms with van der Waals surface area (Å²) in [7, 11) is 3.05. The lowest BCUT2D eigenvalue weighted by Gasteiger charge is -2.26. The topological polar surface area (TPSA) is 94.2 Å². The Morgan fingerprint density at radius 1 is 0.973 bits per heavy atom. The molecule has 1 N–H and O–H groups in total. The summed E-state index contributed by atoms with van der Waals surface area (Å²) in [6.07, 6.45) is -1.00. The van der Waals surface area contributed by atoms with Gasteiger partial charge in [0.25, 0.3) is 17.4 Å². The minimum absolute atomic E-state index is 0.0561. The Balaban J connectivity index is 1.64. The van der Waals surface area contributed by atoms with Crippen molar-refractivity contribution in [1.29, 1.82) is 0 Å². The number of hydrogen-bond donors (Lipinski definition) is 1. The van der Waals surface area contributed by atoms with Crippen LogP contribution in [0.1, 0.15) is 29.7 Å². The highest BCUT2D eigenvalue weighted by Crippen LogP contribution is 2.35. The Morgan fingerprint density at radius 2 is 1.59 bits per heavy atom. The van der Waals surface area contributed by atoms with E-state index < -0.39 is 29.6 Å². The van der Waals surface area contributed by atoms with Crippen molar-refractivity contribution in [2.75, 3.05) is 14.2 Å². The Hall–Kier alpha value is -4.04. The molecule has 0 unspecified atom stereocenters. The summed E-state index contributed by atoms with van der Waals surface area (Å²) < 4.78 is 16.2. The molecule has 3 aromatic carbocycles. The molecule has 0 aromatic heterocycles. The van der Waals surface area contributed by atoms with Gasteiger partial charge in [-0.3, -0.25) is 9.59 Å². The van der Waals surface area contributed by atoms with Crippen molar-refractivity contribution in [2.24, 2.45) is 0 Å². The Labute approximate surface area is 220 Å². The van der Waals surface area contributed by atoms with Crippen LogP contribution in [0.2, 0.25) is 5.02 Å². The Bertz CT molecular complexity index is 1280. The Morgan fingerprint density at radius 3 is 2.19 bits per heavy atom. The highest BCUT2D eigenvalue weighted by molar-refractivity contribution is 6.30. The number of benzene rings is 3. The van der Waals surface area contributed by atoms with E-state index in [4.69, 9.17) is 25.8 Å². The number of rotatable bonds is 9. The Kier molecular flexibility index (Phi) is 7.69. The van der Waals surface area contributed by atoms with Gasteiger partial charge >= 0.3 is 6.09 Å². The van der Waals surface area contributed by atoms with Crippen LogP contribution >= 0.6 is 11.6 Å². The number of methoxy groups -OCH3 is 2. The van der Waals surface area contributed by atoms with Crippen molar-refractivity contribution in [3.63, 3.8) is 0 Å². The van der Waals surface area contributed by atoms with Gasteiger partial charge in [-0.15, -0.1) is 0 Å². The van der Waals surface area contributed by atoms with Crippen LogP contribution < -0.4 is 14.8 Å². The van der Waals surface area contributed by atoms with Gasteiger partial charge in [-0.1, -0.05) is 54.1 Å². The summed E-state index contributed by atoms with van der Waals surface area (Å²) in [5, 5.41) is 3.30. The van der Waals surface area contributed by atoms with Gasteiger partial charge in [0.05, 0.1) is 20.3 Å². The van der Waals surface area contributed by atoms with E-state index in [0.717, 1.165) is 4.90 Å². The molecular weight excluding hydrogens is 496 g/mol. The van der Waals surface area contributed by atoms with Gasteiger partial charge in [-0.25, -0.2) is 9.69 Å². The first-order valence-electron chi connectivity index (χ1n) is 11.6. The molecule has 0 saturated carbocycles. The second-order valence-electron chi connectivity index (χ2n) is 8.66. The lowest BCUT2D eigenvalue weighted by Crippen LogP contribution is -2.55. The van der Waals surface area contributed by atoms with E-state index in [-0.39, 0.29) is 13.0 Å². The van der Waals surface area contributed by atoms with Crippen molar-refractivity contribution in [3.05, 3.63) is 94.5 Å². The molecule has 0 bridgehead atoms. The SMILES string of the molecule is COc1cc(CNC(=O)[C@@]2(Cc3ccccc3)OC(=O)N([C@H](C)c3ccc(Cl)cc3)C2=O)cc(OC)c1. The molecule has 37 heavy (non-hydrogen) atoms. The van der Waals surface area contributed by atoms with Crippen molar-refractivity contribution in [3.8, 4) is 11.5 Å². The molecule has 2 atom stereocenters. The van der Waals surface area contributed by atoms with Gasteiger partial charge in [-0.05, 0) is 47.9 Å². The number of carbonyl (C=O) groups is 3. The van der Waals surface area contributed by atoms with Crippen LogP contribution in [0.15, 0.2) is 72.8 Å². The predicted octanol–water partition coefficient (Wildman–Crippen LogP) is 4.69. The third-order valence-corrected chi connectivity index (χ3v) is 6.54. The summed E-state index contributed by atoms with van der Waals surface area (Å²) >= 11 is 5.99. The van der Waals surface area contributed by atoms with E-state index in [1.165, 1.54) is 14.2 Å². The van der Waals surface area contributed by atoms with Crippen molar-refractivity contribution in [1.82, 2.24) is 10.2 Å². The van der Waals surface area contributed by atoms with Crippen molar-refractivity contribution >= 4 is 29.5 Å². The fourth-order valence-electron chi connectivity index (χ4n) is 4.26. The maximum atomic E-state index is 13.8. The van der Waals surface area contributed by atoms with E-state index in [2.05, 4.69) is 5.32 Å². The van der Waals surface area contributed by atoms with Crippen LogP contribution in [-0.2, 0) is 27.3 Å². The van der Waals surface area contributed by atoms with Gasteiger partial charge in [0, 0.05) is 24.1 Å². The number of amides is 3. The fraction of sp³-hybridized carbons (Fsp3) is 0.250. The number of nitrogens with zero attached hydrogens (tertiary/aromatic N) is 1. The number of halogens is 1. The first-order valence-corrected chi connectivity index (χ1v) is 12.0. The molecule has 0 spiro atoms. The highest BCUT2D eigenvalue weighted by Gasteiger charge is 2.60. The molecular formula is C28H27ClN2O6. The van der Waals surface area contributed by atoms with Gasteiger partial charge in [0.15, 0.2) is 0 Å². The molecule has 8 nitrogen and oxygen atoms in total. The average molecular weight is 523 g/mol. The number of imide groups is 1. The maximum Gasteiger partial charge on any atom is 0.418 e. The smallest absolute Gasteiger partial charge is 0.418 e. The van der Waals surface area contributed by atoms with E-state index in [1.807, 2.05) is 6.07 Å². The lowest BCUT2D eigenvalue weighted by molar-refractivity contribution is -0.150. The van der Waals surface area contributed by atoms with Crippen LogP contribution in [0.4, 0.5) is 4.79 Å². The molecule has 1 fully saturated rings. The third-order valence-electron chi connectivity index (χ3n) is 6.29. The summed E-state index contributed by atoms with van der Waals surface area (Å²) in [6.45, 7) is 1.75. The number of nitrogens with one attached hydrogen (secondary N) is 1. The van der Waals surface area contributed by atoms with Gasteiger partial charge in [-0.2, -0.15) is 0 Å². The van der Waals surface area contributed by atoms with Crippen molar-refractivity contribution in [2.45, 2.75) is 31.5 Å². The second-order valence-corrected chi connectivity index (χ2v) is 9.10. The maximum absolute atomic E-state index is 13.8. The van der Waals surface area contributed by atoms with E-state index in [9.17, 15) is 14.4 Å². The minimum Gasteiger partial charge on any atom is -0.497 e. The third kappa shape index (κ3) is 5.39. The normalized spacial score (nSPS) is 17.8. The van der Waals surface area contributed by atoms with Gasteiger partial charge in [0.1, 0.15) is 11.5 Å². The zero-order chi connectivity index (χ0) is 26.6. The summed E-state index contributed by atoms with van der Waals surface area (Å²) in [4.78, 5) is 41.5. The fourth-order valence-corrected chi connectivity index (χ4v) is 4.38. The molecule has 0 aliphatic carbocycles. The zero-order valence-corrected chi connectivity index (χ0v) is 21.5. The van der Waals surface area contributed by atoms with E-state index in [1.54, 1.807) is 73.7 Å². The molecule has 1 saturated heterocycles. The van der Waals surface area contributed by atoms with Crippen LogP contribution in [0, 0.1) is 0 Å². The van der Waals surface area contributed by atoms with Crippen LogP contribution in [0.25, 0.3) is 0 Å². The molecule has 3 aromatic rings. The molecule has 1 aliphatic heterocycles. The quantitative estimate of drug-likeness (QED) is 0.410. The van der Waals surface area contributed by atoms with Crippen LogP contribution in [0.5, 0.6) is 11.5 Å². The second kappa shape index (κ2) is 10.9. The van der Waals surface area contributed by atoms with Crippen LogP contribution in [0.3, 0.4) is 0 Å². The zero-order valence-electron chi connectivity index (χ0n) is 20.7. The largest absolute Gasteiger partial charge is 0.497 e. The minimum atomic E-state index is -2.07. The van der Waals surface area contributed by atoms with Crippen LogP contribution in [-0.4, -0.2) is 42.6 Å². The molecule has 4 rings (SSSR count). The summed E-state index contributed by atoms with van der Waals surface area (Å²) in [5.74, 6) is -0.352.